The molecule has 25 heavy (non-hydrogen) atoms. The van der Waals surface area contributed by atoms with E-state index in [0.717, 1.165) is 17.8 Å². The second kappa shape index (κ2) is 6.81. The highest BCUT2D eigenvalue weighted by molar-refractivity contribution is 6.30. The number of nitrogens with two attached hydrogens (primary N) is 1. The SMILES string of the molecule is CCc1c(C(=O)N2CCC(N)C(C)(C)C2)cnn1-c1cccc(Cl)c1. The Hall–Kier alpha value is -1.85. The summed E-state index contributed by atoms with van der Waals surface area (Å²) in [7, 11) is 0. The number of halogens is 1. The van der Waals surface area contributed by atoms with Gasteiger partial charge in [-0.05, 0) is 36.5 Å². The normalized spacial score (nSPS) is 19.9. The van der Waals surface area contributed by atoms with Crippen LogP contribution in [0.15, 0.2) is 30.5 Å². The summed E-state index contributed by atoms with van der Waals surface area (Å²) in [4.78, 5) is 15.0. The molecule has 1 aromatic carbocycles. The van der Waals surface area contributed by atoms with Gasteiger partial charge in [-0.1, -0.05) is 38.4 Å². The number of rotatable bonds is 3. The Balaban J connectivity index is 1.92. The predicted molar refractivity (Wildman–Crippen MR) is 100 cm³/mol. The molecule has 1 aliphatic rings. The Kier molecular flexibility index (Phi) is 4.89. The van der Waals surface area contributed by atoms with Gasteiger partial charge in [0.05, 0.1) is 23.1 Å². The van der Waals surface area contributed by atoms with E-state index >= 15 is 0 Å². The monoisotopic (exact) mass is 360 g/mol. The molecular formula is C19H25ClN4O. The molecule has 1 amide bonds. The van der Waals surface area contributed by atoms with Crippen molar-refractivity contribution < 1.29 is 4.79 Å². The number of aromatic nitrogens is 2. The maximum Gasteiger partial charge on any atom is 0.257 e. The van der Waals surface area contributed by atoms with Crippen LogP contribution in [-0.4, -0.2) is 39.7 Å². The Morgan fingerprint density at radius 1 is 1.44 bits per heavy atom. The van der Waals surface area contributed by atoms with Gasteiger partial charge in [0.2, 0.25) is 0 Å². The van der Waals surface area contributed by atoms with Gasteiger partial charge in [0.1, 0.15) is 0 Å². The summed E-state index contributed by atoms with van der Waals surface area (Å²) >= 11 is 6.10. The summed E-state index contributed by atoms with van der Waals surface area (Å²) in [6, 6.07) is 7.62. The van der Waals surface area contributed by atoms with Gasteiger partial charge in [-0.3, -0.25) is 4.79 Å². The second-order valence-electron chi connectivity index (χ2n) is 7.36. The van der Waals surface area contributed by atoms with Gasteiger partial charge < -0.3 is 10.6 Å². The molecule has 0 saturated carbocycles. The van der Waals surface area contributed by atoms with Crippen LogP contribution in [0.1, 0.15) is 43.2 Å². The zero-order valence-corrected chi connectivity index (χ0v) is 15.8. The molecule has 6 heteroatoms. The average Bonchev–Trinajstić information content (AvgIpc) is 3.00. The first-order chi connectivity index (χ1) is 11.8. The van der Waals surface area contributed by atoms with E-state index in [2.05, 4.69) is 18.9 Å². The van der Waals surface area contributed by atoms with Crippen LogP contribution in [0.4, 0.5) is 0 Å². The molecule has 5 nitrogen and oxygen atoms in total. The first-order valence-corrected chi connectivity index (χ1v) is 9.09. The molecule has 2 heterocycles. The fourth-order valence-electron chi connectivity index (χ4n) is 3.44. The third kappa shape index (κ3) is 3.44. The first kappa shape index (κ1) is 18.0. The number of nitrogens with zero attached hydrogens (tertiary/aromatic N) is 3. The number of benzene rings is 1. The van der Waals surface area contributed by atoms with Crippen molar-refractivity contribution >= 4 is 17.5 Å². The van der Waals surface area contributed by atoms with Gasteiger partial charge in [0, 0.05) is 24.2 Å². The van der Waals surface area contributed by atoms with E-state index in [1.165, 1.54) is 0 Å². The number of hydrogen-bond acceptors (Lipinski definition) is 3. The standard InChI is InChI=1S/C19H25ClN4O/c1-4-16-15(11-22-24(16)14-7-5-6-13(20)10-14)18(25)23-9-8-17(21)19(2,3)12-23/h5-7,10-11,17H,4,8-9,12,21H2,1-3H3. The van der Waals surface area contributed by atoms with Crippen molar-refractivity contribution in [2.75, 3.05) is 13.1 Å². The zero-order valence-electron chi connectivity index (χ0n) is 15.0. The molecule has 1 aliphatic heterocycles. The van der Waals surface area contributed by atoms with Crippen molar-refractivity contribution in [3.8, 4) is 5.69 Å². The zero-order chi connectivity index (χ0) is 18.2. The topological polar surface area (TPSA) is 64.2 Å². The molecule has 1 aromatic heterocycles. The van der Waals surface area contributed by atoms with E-state index in [1.807, 2.05) is 36.1 Å². The first-order valence-electron chi connectivity index (χ1n) is 8.71. The van der Waals surface area contributed by atoms with E-state index in [0.29, 0.717) is 30.1 Å². The van der Waals surface area contributed by atoms with Gasteiger partial charge in [-0.2, -0.15) is 5.10 Å². The van der Waals surface area contributed by atoms with Crippen molar-refractivity contribution in [2.24, 2.45) is 11.1 Å². The number of carbonyl (C=O) groups excluding carboxylic acids is 1. The van der Waals surface area contributed by atoms with E-state index < -0.39 is 0 Å². The van der Waals surface area contributed by atoms with Crippen LogP contribution < -0.4 is 5.73 Å². The van der Waals surface area contributed by atoms with Crippen LogP contribution in [0.25, 0.3) is 5.69 Å². The van der Waals surface area contributed by atoms with Crippen LogP contribution in [0, 0.1) is 5.41 Å². The van der Waals surface area contributed by atoms with Gasteiger partial charge >= 0.3 is 0 Å². The maximum atomic E-state index is 13.1. The lowest BCUT2D eigenvalue weighted by Crippen LogP contribution is -2.54. The van der Waals surface area contributed by atoms with Crippen molar-refractivity contribution in [2.45, 2.75) is 39.7 Å². The summed E-state index contributed by atoms with van der Waals surface area (Å²) in [6.07, 6.45) is 3.20. The third-order valence-corrected chi connectivity index (χ3v) is 5.32. The van der Waals surface area contributed by atoms with E-state index in [-0.39, 0.29) is 17.4 Å². The molecule has 2 aromatic rings. The Labute approximate surface area is 153 Å². The van der Waals surface area contributed by atoms with Crippen molar-refractivity contribution in [1.82, 2.24) is 14.7 Å². The summed E-state index contributed by atoms with van der Waals surface area (Å²) in [5.41, 5.74) is 8.55. The number of hydrogen-bond donors (Lipinski definition) is 1. The molecule has 0 aliphatic carbocycles. The number of amides is 1. The van der Waals surface area contributed by atoms with E-state index in [9.17, 15) is 4.79 Å². The lowest BCUT2D eigenvalue weighted by Gasteiger charge is -2.42. The van der Waals surface area contributed by atoms with E-state index in [4.69, 9.17) is 17.3 Å². The molecular weight excluding hydrogens is 336 g/mol. The summed E-state index contributed by atoms with van der Waals surface area (Å²) < 4.78 is 1.81. The minimum absolute atomic E-state index is 0.0325. The molecule has 0 spiro atoms. The minimum atomic E-state index is -0.0801. The molecule has 0 bridgehead atoms. The molecule has 2 N–H and O–H groups in total. The molecule has 0 radical (unpaired) electrons. The molecule has 1 saturated heterocycles. The molecule has 3 rings (SSSR count). The highest BCUT2D eigenvalue weighted by atomic mass is 35.5. The van der Waals surface area contributed by atoms with Crippen LogP contribution in [0.2, 0.25) is 5.02 Å². The van der Waals surface area contributed by atoms with Crippen molar-refractivity contribution in [3.63, 3.8) is 0 Å². The third-order valence-electron chi connectivity index (χ3n) is 5.09. The van der Waals surface area contributed by atoms with Crippen molar-refractivity contribution in [3.05, 3.63) is 46.7 Å². The van der Waals surface area contributed by atoms with Crippen LogP contribution in [-0.2, 0) is 6.42 Å². The van der Waals surface area contributed by atoms with Crippen LogP contribution >= 0.6 is 11.6 Å². The molecule has 134 valence electrons. The van der Waals surface area contributed by atoms with Gasteiger partial charge in [0.15, 0.2) is 0 Å². The second-order valence-corrected chi connectivity index (χ2v) is 7.80. The lowest BCUT2D eigenvalue weighted by atomic mass is 9.79. The Bertz CT molecular complexity index is 783. The fourth-order valence-corrected chi connectivity index (χ4v) is 3.63. The predicted octanol–water partition coefficient (Wildman–Crippen LogP) is 3.29. The summed E-state index contributed by atoms with van der Waals surface area (Å²) in [6.45, 7) is 7.62. The average molecular weight is 361 g/mol. The summed E-state index contributed by atoms with van der Waals surface area (Å²) in [5.74, 6) is 0.0325. The quantitative estimate of drug-likeness (QED) is 0.913. The van der Waals surface area contributed by atoms with Gasteiger partial charge in [-0.15, -0.1) is 0 Å². The Morgan fingerprint density at radius 3 is 2.84 bits per heavy atom. The summed E-state index contributed by atoms with van der Waals surface area (Å²) in [5, 5.41) is 5.10. The lowest BCUT2D eigenvalue weighted by molar-refractivity contribution is 0.0532. The largest absolute Gasteiger partial charge is 0.338 e. The number of carbonyl (C=O) groups is 1. The number of piperidine rings is 1. The minimum Gasteiger partial charge on any atom is -0.338 e. The van der Waals surface area contributed by atoms with Crippen LogP contribution in [0.3, 0.4) is 0 Å². The van der Waals surface area contributed by atoms with Gasteiger partial charge in [0.25, 0.3) is 5.91 Å². The molecule has 1 unspecified atom stereocenters. The van der Waals surface area contributed by atoms with Crippen molar-refractivity contribution in [1.29, 1.82) is 0 Å². The number of likely N-dealkylation sites (tertiary alicyclic amines) is 1. The maximum absolute atomic E-state index is 13.1. The Morgan fingerprint density at radius 2 is 2.20 bits per heavy atom. The molecule has 1 fully saturated rings. The van der Waals surface area contributed by atoms with E-state index in [1.54, 1.807) is 10.9 Å². The highest BCUT2D eigenvalue weighted by Crippen LogP contribution is 2.29. The molecule has 1 atom stereocenters. The highest BCUT2D eigenvalue weighted by Gasteiger charge is 2.36. The van der Waals surface area contributed by atoms with Gasteiger partial charge in [-0.25, -0.2) is 4.68 Å². The smallest absolute Gasteiger partial charge is 0.257 e. The van der Waals surface area contributed by atoms with Crippen LogP contribution in [0.5, 0.6) is 0 Å². The fraction of sp³-hybridized carbons (Fsp3) is 0.474.